The SMILES string of the molecule is CCCCC(=S)c1cc2nc(CO)n(C)c2cc1C. The number of unbranched alkanes of at least 4 members (excludes halogenated alkanes) is 1. The monoisotopic (exact) mass is 276 g/mol. The van der Waals surface area contributed by atoms with Crippen LogP contribution in [0.5, 0.6) is 0 Å². The van der Waals surface area contributed by atoms with Crippen LogP contribution in [0.4, 0.5) is 0 Å². The molecule has 1 aromatic heterocycles. The van der Waals surface area contributed by atoms with E-state index in [2.05, 4.69) is 31.0 Å². The van der Waals surface area contributed by atoms with Crippen LogP contribution in [0.25, 0.3) is 11.0 Å². The molecule has 1 N–H and O–H groups in total. The average molecular weight is 276 g/mol. The third-order valence-electron chi connectivity index (χ3n) is 3.52. The summed E-state index contributed by atoms with van der Waals surface area (Å²) in [6.07, 6.45) is 3.23. The Morgan fingerprint density at radius 3 is 2.79 bits per heavy atom. The number of aliphatic hydroxyl groups is 1. The van der Waals surface area contributed by atoms with Crippen molar-refractivity contribution in [3.05, 3.63) is 29.1 Å². The first-order valence-electron chi connectivity index (χ1n) is 6.68. The minimum Gasteiger partial charge on any atom is -0.388 e. The summed E-state index contributed by atoms with van der Waals surface area (Å²) in [7, 11) is 1.93. The van der Waals surface area contributed by atoms with E-state index >= 15 is 0 Å². The molecule has 19 heavy (non-hydrogen) atoms. The first-order chi connectivity index (χ1) is 9.08. The van der Waals surface area contributed by atoms with Gasteiger partial charge in [-0.1, -0.05) is 25.6 Å². The topological polar surface area (TPSA) is 38.1 Å². The van der Waals surface area contributed by atoms with Crippen LogP contribution in [0.3, 0.4) is 0 Å². The van der Waals surface area contributed by atoms with E-state index in [1.807, 2.05) is 11.6 Å². The molecular formula is C15H20N2OS. The molecule has 2 aromatic rings. The summed E-state index contributed by atoms with van der Waals surface area (Å²) in [5, 5.41) is 9.27. The Kier molecular flexibility index (Phi) is 4.32. The van der Waals surface area contributed by atoms with Gasteiger partial charge in [-0.3, -0.25) is 0 Å². The first kappa shape index (κ1) is 14.2. The molecule has 1 heterocycles. The van der Waals surface area contributed by atoms with E-state index in [1.54, 1.807) is 0 Å². The Morgan fingerprint density at radius 1 is 1.42 bits per heavy atom. The molecule has 0 fully saturated rings. The molecule has 0 aliphatic rings. The Bertz CT molecular complexity index is 616. The van der Waals surface area contributed by atoms with Gasteiger partial charge in [0.25, 0.3) is 0 Å². The van der Waals surface area contributed by atoms with Crippen LogP contribution in [0.2, 0.25) is 0 Å². The fourth-order valence-corrected chi connectivity index (χ4v) is 2.67. The highest BCUT2D eigenvalue weighted by Gasteiger charge is 2.12. The lowest BCUT2D eigenvalue weighted by molar-refractivity contribution is 0.268. The number of hydrogen-bond donors (Lipinski definition) is 1. The molecule has 2 rings (SSSR count). The predicted octanol–water partition coefficient (Wildman–Crippen LogP) is 3.28. The number of imidazole rings is 1. The highest BCUT2D eigenvalue weighted by Crippen LogP contribution is 2.22. The molecular weight excluding hydrogens is 256 g/mol. The van der Waals surface area contributed by atoms with Crippen molar-refractivity contribution in [2.24, 2.45) is 7.05 Å². The zero-order chi connectivity index (χ0) is 14.0. The van der Waals surface area contributed by atoms with Crippen molar-refractivity contribution in [2.45, 2.75) is 39.7 Å². The van der Waals surface area contributed by atoms with Gasteiger partial charge in [-0.15, -0.1) is 0 Å². The lowest BCUT2D eigenvalue weighted by Crippen LogP contribution is -2.01. The maximum absolute atomic E-state index is 9.27. The minimum atomic E-state index is -0.0418. The van der Waals surface area contributed by atoms with E-state index in [-0.39, 0.29) is 6.61 Å². The third kappa shape index (κ3) is 2.69. The van der Waals surface area contributed by atoms with E-state index in [0.717, 1.165) is 40.7 Å². The summed E-state index contributed by atoms with van der Waals surface area (Å²) in [4.78, 5) is 5.46. The van der Waals surface area contributed by atoms with E-state index < -0.39 is 0 Å². The standard InChI is InChI=1S/C15H20N2OS/c1-4-5-6-14(19)11-8-12-13(7-10(11)2)17(3)15(9-18)16-12/h7-8,18H,4-6,9H2,1-3H3. The van der Waals surface area contributed by atoms with Crippen LogP contribution < -0.4 is 0 Å². The lowest BCUT2D eigenvalue weighted by atomic mass is 10.0. The van der Waals surface area contributed by atoms with Crippen molar-refractivity contribution < 1.29 is 5.11 Å². The summed E-state index contributed by atoms with van der Waals surface area (Å²) < 4.78 is 1.93. The molecule has 0 radical (unpaired) electrons. The molecule has 0 unspecified atom stereocenters. The average Bonchev–Trinajstić information content (AvgIpc) is 2.71. The molecule has 0 saturated heterocycles. The fourth-order valence-electron chi connectivity index (χ4n) is 2.31. The van der Waals surface area contributed by atoms with Crippen LogP contribution in [-0.4, -0.2) is 19.5 Å². The first-order valence-corrected chi connectivity index (χ1v) is 7.09. The van der Waals surface area contributed by atoms with Crippen LogP contribution >= 0.6 is 12.2 Å². The zero-order valence-corrected chi connectivity index (χ0v) is 12.5. The van der Waals surface area contributed by atoms with Gasteiger partial charge in [-0.25, -0.2) is 4.98 Å². The highest BCUT2D eigenvalue weighted by atomic mass is 32.1. The smallest absolute Gasteiger partial charge is 0.135 e. The summed E-state index contributed by atoms with van der Waals surface area (Å²) in [5.41, 5.74) is 4.26. The number of aromatic nitrogens is 2. The number of aryl methyl sites for hydroxylation is 2. The Morgan fingerprint density at radius 2 is 2.16 bits per heavy atom. The van der Waals surface area contributed by atoms with Crippen molar-refractivity contribution in [1.82, 2.24) is 9.55 Å². The number of rotatable bonds is 5. The fraction of sp³-hybridized carbons (Fsp3) is 0.467. The van der Waals surface area contributed by atoms with Crippen LogP contribution in [0.15, 0.2) is 12.1 Å². The number of hydrogen-bond acceptors (Lipinski definition) is 3. The van der Waals surface area contributed by atoms with Crippen molar-refractivity contribution in [1.29, 1.82) is 0 Å². The number of thiocarbonyl (C=S) groups is 1. The molecule has 0 saturated carbocycles. The molecule has 102 valence electrons. The van der Waals surface area contributed by atoms with Gasteiger partial charge in [0.1, 0.15) is 12.4 Å². The second-order valence-electron chi connectivity index (χ2n) is 4.93. The third-order valence-corrected chi connectivity index (χ3v) is 3.94. The molecule has 1 aromatic carbocycles. The summed E-state index contributed by atoms with van der Waals surface area (Å²) >= 11 is 5.52. The molecule has 0 aliphatic carbocycles. The molecule has 0 spiro atoms. The van der Waals surface area contributed by atoms with Gasteiger partial charge in [0.15, 0.2) is 0 Å². The molecule has 0 bridgehead atoms. The van der Waals surface area contributed by atoms with Gasteiger partial charge in [0.2, 0.25) is 0 Å². The van der Waals surface area contributed by atoms with E-state index in [1.165, 1.54) is 5.56 Å². The van der Waals surface area contributed by atoms with Crippen molar-refractivity contribution in [3.63, 3.8) is 0 Å². The second kappa shape index (κ2) is 5.80. The summed E-state index contributed by atoms with van der Waals surface area (Å²) in [6.45, 7) is 4.21. The number of aliphatic hydroxyl groups excluding tert-OH is 1. The van der Waals surface area contributed by atoms with Gasteiger partial charge >= 0.3 is 0 Å². The predicted molar refractivity (Wildman–Crippen MR) is 82.6 cm³/mol. The maximum atomic E-state index is 9.27. The van der Waals surface area contributed by atoms with Crippen LogP contribution in [0, 0.1) is 6.92 Å². The molecule has 0 atom stereocenters. The molecule has 4 heteroatoms. The Balaban J connectivity index is 2.47. The lowest BCUT2D eigenvalue weighted by Gasteiger charge is -2.08. The van der Waals surface area contributed by atoms with Crippen LogP contribution in [0.1, 0.15) is 43.1 Å². The molecule has 0 amide bonds. The Hall–Kier alpha value is -1.26. The zero-order valence-electron chi connectivity index (χ0n) is 11.7. The second-order valence-corrected chi connectivity index (χ2v) is 5.42. The molecule has 0 aliphatic heterocycles. The number of fused-ring (bicyclic) bond motifs is 1. The van der Waals surface area contributed by atoms with Crippen molar-refractivity contribution >= 4 is 28.1 Å². The van der Waals surface area contributed by atoms with Gasteiger partial charge in [-0.05, 0) is 43.0 Å². The van der Waals surface area contributed by atoms with Gasteiger partial charge < -0.3 is 9.67 Å². The van der Waals surface area contributed by atoms with E-state index in [9.17, 15) is 5.11 Å². The highest BCUT2D eigenvalue weighted by molar-refractivity contribution is 7.80. The van der Waals surface area contributed by atoms with Crippen molar-refractivity contribution in [2.75, 3.05) is 0 Å². The van der Waals surface area contributed by atoms with Gasteiger partial charge in [-0.2, -0.15) is 0 Å². The maximum Gasteiger partial charge on any atom is 0.135 e. The summed E-state index contributed by atoms with van der Waals surface area (Å²) in [6, 6.07) is 4.16. The largest absolute Gasteiger partial charge is 0.388 e. The quantitative estimate of drug-likeness (QED) is 0.673. The normalized spacial score (nSPS) is 11.2. The van der Waals surface area contributed by atoms with E-state index in [4.69, 9.17) is 12.2 Å². The van der Waals surface area contributed by atoms with Gasteiger partial charge in [0.05, 0.1) is 11.0 Å². The van der Waals surface area contributed by atoms with Crippen molar-refractivity contribution in [3.8, 4) is 0 Å². The van der Waals surface area contributed by atoms with E-state index in [0.29, 0.717) is 5.82 Å². The summed E-state index contributed by atoms with van der Waals surface area (Å²) in [5.74, 6) is 0.686. The Labute approximate surface area is 119 Å². The van der Waals surface area contributed by atoms with Crippen LogP contribution in [-0.2, 0) is 13.7 Å². The number of nitrogens with zero attached hydrogens (tertiary/aromatic N) is 2. The van der Waals surface area contributed by atoms with Gasteiger partial charge in [0, 0.05) is 11.9 Å². The minimum absolute atomic E-state index is 0.0418. The number of benzene rings is 1. The molecule has 3 nitrogen and oxygen atoms in total.